The summed E-state index contributed by atoms with van der Waals surface area (Å²) in [6.45, 7) is 0.986. The second-order valence-corrected chi connectivity index (χ2v) is 9.47. The first-order valence-electron chi connectivity index (χ1n) is 13.0. The maximum absolute atomic E-state index is 14.0. The molecule has 6 nitrogen and oxygen atoms in total. The molecular formula is C31H33N3O3. The molecule has 4 aromatic rings. The first-order valence-corrected chi connectivity index (χ1v) is 13.0. The monoisotopic (exact) mass is 495 g/mol. The SMILES string of the molecule is NCCON(C(=O)[C@H](c1ccc(OCc2ccc3ccccc3n2)cc1)C1CCCC1)c1ccccc1. The predicted octanol–water partition coefficient (Wildman–Crippen LogP) is 6.01. The van der Waals surface area contributed by atoms with Crippen molar-refractivity contribution in [1.29, 1.82) is 0 Å². The molecule has 37 heavy (non-hydrogen) atoms. The molecule has 2 N–H and O–H groups in total. The van der Waals surface area contributed by atoms with Gasteiger partial charge in [-0.2, -0.15) is 5.06 Å². The minimum Gasteiger partial charge on any atom is -0.487 e. The van der Waals surface area contributed by atoms with E-state index in [0.29, 0.717) is 18.8 Å². The molecule has 1 aliphatic carbocycles. The molecule has 1 fully saturated rings. The van der Waals surface area contributed by atoms with Crippen LogP contribution in [0.2, 0.25) is 0 Å². The summed E-state index contributed by atoms with van der Waals surface area (Å²) < 4.78 is 6.04. The highest BCUT2D eigenvalue weighted by atomic mass is 16.7. The highest BCUT2D eigenvalue weighted by molar-refractivity contribution is 5.96. The topological polar surface area (TPSA) is 77.7 Å². The summed E-state index contributed by atoms with van der Waals surface area (Å²) in [4.78, 5) is 24.5. The number of rotatable bonds is 10. The maximum atomic E-state index is 14.0. The normalized spacial score (nSPS) is 14.5. The van der Waals surface area contributed by atoms with Crippen LogP contribution in [0.25, 0.3) is 10.9 Å². The number of aromatic nitrogens is 1. The zero-order valence-corrected chi connectivity index (χ0v) is 21.0. The zero-order chi connectivity index (χ0) is 25.5. The molecule has 0 saturated heterocycles. The summed E-state index contributed by atoms with van der Waals surface area (Å²) in [5, 5.41) is 2.55. The molecule has 1 aliphatic rings. The Balaban J connectivity index is 1.34. The third-order valence-electron chi connectivity index (χ3n) is 6.95. The average molecular weight is 496 g/mol. The molecule has 0 aliphatic heterocycles. The molecular weight excluding hydrogens is 462 g/mol. The number of amides is 1. The highest BCUT2D eigenvalue weighted by Gasteiger charge is 2.36. The van der Waals surface area contributed by atoms with Gasteiger partial charge in [0.1, 0.15) is 12.4 Å². The van der Waals surface area contributed by atoms with Gasteiger partial charge in [-0.1, -0.05) is 67.4 Å². The smallest absolute Gasteiger partial charge is 0.258 e. The summed E-state index contributed by atoms with van der Waals surface area (Å²) in [5.41, 5.74) is 9.22. The number of hydrogen-bond acceptors (Lipinski definition) is 5. The van der Waals surface area contributed by atoms with Crippen molar-refractivity contribution in [3.8, 4) is 5.75 Å². The van der Waals surface area contributed by atoms with Crippen LogP contribution in [0.1, 0.15) is 42.9 Å². The van der Waals surface area contributed by atoms with E-state index < -0.39 is 0 Å². The van der Waals surface area contributed by atoms with Crippen molar-refractivity contribution >= 4 is 22.5 Å². The molecule has 190 valence electrons. The minimum absolute atomic E-state index is 0.0550. The van der Waals surface area contributed by atoms with Crippen LogP contribution in [0.4, 0.5) is 5.69 Å². The van der Waals surface area contributed by atoms with E-state index in [9.17, 15) is 4.79 Å². The summed E-state index contributed by atoms with van der Waals surface area (Å²) in [6.07, 6.45) is 4.34. The number of hydrogen-bond donors (Lipinski definition) is 1. The van der Waals surface area contributed by atoms with Crippen molar-refractivity contribution < 1.29 is 14.4 Å². The minimum atomic E-state index is -0.295. The maximum Gasteiger partial charge on any atom is 0.258 e. The van der Waals surface area contributed by atoms with Crippen LogP contribution in [0, 0.1) is 5.92 Å². The summed E-state index contributed by atoms with van der Waals surface area (Å²) >= 11 is 0. The number of hydroxylamine groups is 1. The molecule has 1 atom stereocenters. The number of benzene rings is 3. The molecule has 6 heteroatoms. The second kappa shape index (κ2) is 12.0. The molecule has 1 saturated carbocycles. The third-order valence-corrected chi connectivity index (χ3v) is 6.95. The van der Waals surface area contributed by atoms with Crippen molar-refractivity contribution in [1.82, 2.24) is 4.98 Å². The molecule has 1 heterocycles. The van der Waals surface area contributed by atoms with Crippen LogP contribution in [-0.4, -0.2) is 24.0 Å². The van der Waals surface area contributed by atoms with Gasteiger partial charge in [0.05, 0.1) is 29.4 Å². The number of carbonyl (C=O) groups excluding carboxylic acids is 1. The number of nitrogens with zero attached hydrogens (tertiary/aromatic N) is 2. The van der Waals surface area contributed by atoms with E-state index in [4.69, 9.17) is 15.3 Å². The number of carbonyl (C=O) groups is 1. The fraction of sp³-hybridized carbons (Fsp3) is 0.290. The largest absolute Gasteiger partial charge is 0.487 e. The lowest BCUT2D eigenvalue weighted by atomic mass is 9.84. The molecule has 0 bridgehead atoms. The van der Waals surface area contributed by atoms with Crippen LogP contribution in [0.15, 0.2) is 91.0 Å². The quantitative estimate of drug-likeness (QED) is 0.273. The number of para-hydroxylation sites is 2. The van der Waals surface area contributed by atoms with Crippen molar-refractivity contribution in [2.75, 3.05) is 18.2 Å². The Hall–Kier alpha value is -3.74. The number of anilines is 1. The molecule has 0 radical (unpaired) electrons. The highest BCUT2D eigenvalue weighted by Crippen LogP contribution is 2.40. The Bertz CT molecular complexity index is 1300. The summed E-state index contributed by atoms with van der Waals surface area (Å²) in [5.74, 6) is 0.668. The lowest BCUT2D eigenvalue weighted by Gasteiger charge is -2.30. The Morgan fingerprint density at radius 2 is 1.65 bits per heavy atom. The van der Waals surface area contributed by atoms with Gasteiger partial charge in [-0.3, -0.25) is 9.63 Å². The van der Waals surface area contributed by atoms with E-state index in [1.165, 1.54) is 5.06 Å². The Morgan fingerprint density at radius 1 is 0.919 bits per heavy atom. The lowest BCUT2D eigenvalue weighted by molar-refractivity contribution is -0.128. The van der Waals surface area contributed by atoms with E-state index in [-0.39, 0.29) is 24.3 Å². The summed E-state index contributed by atoms with van der Waals surface area (Å²) in [7, 11) is 0. The first-order chi connectivity index (χ1) is 18.2. The fourth-order valence-electron chi connectivity index (χ4n) is 5.12. The van der Waals surface area contributed by atoms with Gasteiger partial charge < -0.3 is 10.5 Å². The molecule has 0 spiro atoms. The molecule has 0 unspecified atom stereocenters. The van der Waals surface area contributed by atoms with Gasteiger partial charge in [-0.15, -0.1) is 0 Å². The summed E-state index contributed by atoms with van der Waals surface area (Å²) in [6, 6.07) is 29.5. The van der Waals surface area contributed by atoms with Gasteiger partial charge in [0, 0.05) is 11.9 Å². The van der Waals surface area contributed by atoms with Gasteiger partial charge in [0.2, 0.25) is 0 Å². The van der Waals surface area contributed by atoms with E-state index >= 15 is 0 Å². The third kappa shape index (κ3) is 5.98. The predicted molar refractivity (Wildman–Crippen MR) is 146 cm³/mol. The van der Waals surface area contributed by atoms with E-state index in [1.807, 2.05) is 84.9 Å². The van der Waals surface area contributed by atoms with Crippen molar-refractivity contribution in [3.63, 3.8) is 0 Å². The van der Waals surface area contributed by atoms with Crippen molar-refractivity contribution in [2.45, 2.75) is 38.2 Å². The first kappa shape index (κ1) is 24.9. The van der Waals surface area contributed by atoms with E-state index in [0.717, 1.165) is 53.6 Å². The second-order valence-electron chi connectivity index (χ2n) is 9.47. The number of nitrogens with two attached hydrogens (primary N) is 1. The Kier molecular flexibility index (Phi) is 8.08. The van der Waals surface area contributed by atoms with Gasteiger partial charge in [-0.05, 0) is 60.7 Å². The van der Waals surface area contributed by atoms with Gasteiger partial charge in [0.25, 0.3) is 5.91 Å². The fourth-order valence-corrected chi connectivity index (χ4v) is 5.12. The van der Waals surface area contributed by atoms with Crippen LogP contribution in [0.3, 0.4) is 0 Å². The zero-order valence-electron chi connectivity index (χ0n) is 21.0. The van der Waals surface area contributed by atoms with Crippen LogP contribution < -0.4 is 15.5 Å². The Morgan fingerprint density at radius 3 is 2.41 bits per heavy atom. The lowest BCUT2D eigenvalue weighted by Crippen LogP contribution is -2.39. The van der Waals surface area contributed by atoms with E-state index in [1.54, 1.807) is 0 Å². The van der Waals surface area contributed by atoms with Gasteiger partial charge in [-0.25, -0.2) is 4.98 Å². The Labute approximate surface area is 218 Å². The van der Waals surface area contributed by atoms with Crippen LogP contribution >= 0.6 is 0 Å². The molecule has 1 aromatic heterocycles. The van der Waals surface area contributed by atoms with Crippen LogP contribution in [-0.2, 0) is 16.2 Å². The standard InChI is InChI=1S/C31H33N3O3/c32-20-21-37-34(27-11-2-1-3-12-27)31(35)30(24-9-4-5-10-24)25-15-18-28(19-16-25)36-22-26-17-14-23-8-6-7-13-29(23)33-26/h1-3,6-8,11-19,24,30H,4-5,9-10,20-22,32H2/t30-/m0/s1. The van der Waals surface area contributed by atoms with E-state index in [2.05, 4.69) is 11.1 Å². The van der Waals surface area contributed by atoms with Crippen LogP contribution in [0.5, 0.6) is 5.75 Å². The number of ether oxygens (including phenoxy) is 1. The average Bonchev–Trinajstić information content (AvgIpc) is 3.48. The van der Waals surface area contributed by atoms with Gasteiger partial charge >= 0.3 is 0 Å². The number of pyridine rings is 1. The number of fused-ring (bicyclic) bond motifs is 1. The van der Waals surface area contributed by atoms with Gasteiger partial charge in [0.15, 0.2) is 0 Å². The van der Waals surface area contributed by atoms with Crippen molar-refractivity contribution in [3.05, 3.63) is 102 Å². The molecule has 5 rings (SSSR count). The molecule has 3 aromatic carbocycles. The molecule has 1 amide bonds. The van der Waals surface area contributed by atoms with Crippen molar-refractivity contribution in [2.24, 2.45) is 11.7 Å².